The van der Waals surface area contributed by atoms with Crippen molar-refractivity contribution in [1.82, 2.24) is 5.32 Å². The summed E-state index contributed by atoms with van der Waals surface area (Å²) in [5.74, 6) is -0.337. The highest BCUT2D eigenvalue weighted by Crippen LogP contribution is 2.26. The van der Waals surface area contributed by atoms with Gasteiger partial charge in [0.15, 0.2) is 0 Å². The predicted molar refractivity (Wildman–Crippen MR) is 85.8 cm³/mol. The van der Waals surface area contributed by atoms with E-state index in [-0.39, 0.29) is 12.5 Å². The normalized spacial score (nSPS) is 18.1. The van der Waals surface area contributed by atoms with Crippen LogP contribution in [0.3, 0.4) is 0 Å². The minimum absolute atomic E-state index is 0.223. The molecule has 0 heterocycles. The van der Waals surface area contributed by atoms with Crippen LogP contribution in [0.5, 0.6) is 0 Å². The number of hydrogen-bond donors (Lipinski definition) is 3. The number of benzene rings is 1. The van der Waals surface area contributed by atoms with E-state index in [0.29, 0.717) is 29.0 Å². The summed E-state index contributed by atoms with van der Waals surface area (Å²) in [6, 6.07) is 4.78. The Morgan fingerprint density at radius 3 is 2.64 bits per heavy atom. The van der Waals surface area contributed by atoms with Gasteiger partial charge in [0.1, 0.15) is 0 Å². The van der Waals surface area contributed by atoms with Gasteiger partial charge in [0, 0.05) is 6.54 Å². The average Bonchev–Trinajstić information content (AvgIpc) is 2.72. The van der Waals surface area contributed by atoms with Crippen molar-refractivity contribution < 1.29 is 15.1 Å². The fourth-order valence-corrected chi connectivity index (χ4v) is 2.97. The maximum absolute atomic E-state index is 12.3. The molecule has 5 nitrogen and oxygen atoms in total. The molecule has 3 N–H and O–H groups in total. The Bertz CT molecular complexity index is 552. The number of halogens is 1. The fourth-order valence-electron chi connectivity index (χ4n) is 2.77. The van der Waals surface area contributed by atoms with Crippen molar-refractivity contribution in [3.8, 4) is 0 Å². The van der Waals surface area contributed by atoms with Gasteiger partial charge in [0.2, 0.25) is 0 Å². The van der Waals surface area contributed by atoms with Crippen molar-refractivity contribution in [1.29, 1.82) is 0 Å². The van der Waals surface area contributed by atoms with E-state index in [1.54, 1.807) is 18.2 Å². The smallest absolute Gasteiger partial charge is 0.252 e. The Morgan fingerprint density at radius 1 is 1.32 bits per heavy atom. The van der Waals surface area contributed by atoms with Crippen molar-refractivity contribution in [2.24, 2.45) is 5.16 Å². The number of nitrogens with one attached hydrogen (secondary N) is 1. The van der Waals surface area contributed by atoms with E-state index in [1.807, 2.05) is 0 Å². The van der Waals surface area contributed by atoms with Crippen LogP contribution < -0.4 is 5.32 Å². The summed E-state index contributed by atoms with van der Waals surface area (Å²) < 4.78 is 0. The maximum Gasteiger partial charge on any atom is 0.252 e. The zero-order valence-corrected chi connectivity index (χ0v) is 13.1. The van der Waals surface area contributed by atoms with Crippen LogP contribution in [0.15, 0.2) is 23.4 Å². The van der Waals surface area contributed by atoms with E-state index in [0.717, 1.165) is 25.7 Å². The zero-order chi connectivity index (χ0) is 16.0. The molecular weight excluding hydrogens is 304 g/mol. The molecular formula is C16H21ClN2O3. The highest BCUT2D eigenvalue weighted by molar-refractivity contribution is 6.34. The van der Waals surface area contributed by atoms with Crippen molar-refractivity contribution >= 4 is 23.7 Å². The SMILES string of the molecule is O=C(NCC1(O)CCCCCC1)c1cc(C=NO)ccc1Cl. The minimum Gasteiger partial charge on any atom is -0.411 e. The number of hydrogen-bond acceptors (Lipinski definition) is 4. The largest absolute Gasteiger partial charge is 0.411 e. The van der Waals surface area contributed by atoms with Crippen molar-refractivity contribution in [2.45, 2.75) is 44.1 Å². The second-order valence-electron chi connectivity index (χ2n) is 5.81. The molecule has 1 saturated carbocycles. The van der Waals surface area contributed by atoms with Crippen LogP contribution in [0.4, 0.5) is 0 Å². The van der Waals surface area contributed by atoms with Gasteiger partial charge in [0.05, 0.1) is 22.4 Å². The van der Waals surface area contributed by atoms with Crippen LogP contribution in [-0.2, 0) is 0 Å². The lowest BCUT2D eigenvalue weighted by molar-refractivity contribution is 0.0246. The number of amides is 1. The van der Waals surface area contributed by atoms with Gasteiger partial charge in [-0.05, 0) is 30.5 Å². The third-order valence-corrected chi connectivity index (χ3v) is 4.38. The molecule has 22 heavy (non-hydrogen) atoms. The number of carbonyl (C=O) groups is 1. The van der Waals surface area contributed by atoms with Crippen LogP contribution in [0.25, 0.3) is 0 Å². The van der Waals surface area contributed by atoms with Gasteiger partial charge in [-0.1, -0.05) is 48.5 Å². The van der Waals surface area contributed by atoms with Gasteiger partial charge < -0.3 is 15.6 Å². The second-order valence-corrected chi connectivity index (χ2v) is 6.21. The van der Waals surface area contributed by atoms with E-state index >= 15 is 0 Å². The first-order chi connectivity index (χ1) is 10.5. The molecule has 0 saturated heterocycles. The molecule has 1 aromatic carbocycles. The first-order valence-corrected chi connectivity index (χ1v) is 7.89. The van der Waals surface area contributed by atoms with E-state index in [1.165, 1.54) is 6.21 Å². The summed E-state index contributed by atoms with van der Waals surface area (Å²) in [6.07, 6.45) is 6.86. The molecule has 1 aliphatic rings. The Morgan fingerprint density at radius 2 is 2.00 bits per heavy atom. The molecule has 0 unspecified atom stereocenters. The molecule has 0 atom stereocenters. The lowest BCUT2D eigenvalue weighted by atomic mass is 9.94. The van der Waals surface area contributed by atoms with E-state index in [4.69, 9.17) is 16.8 Å². The van der Waals surface area contributed by atoms with Crippen LogP contribution >= 0.6 is 11.6 Å². The van der Waals surface area contributed by atoms with Crippen molar-refractivity contribution in [2.75, 3.05) is 6.54 Å². The first kappa shape index (κ1) is 16.8. The first-order valence-electron chi connectivity index (χ1n) is 7.52. The second kappa shape index (κ2) is 7.61. The molecule has 120 valence electrons. The Balaban J connectivity index is 2.04. The Hall–Kier alpha value is -1.59. The fraction of sp³-hybridized carbons (Fsp3) is 0.500. The molecule has 0 radical (unpaired) electrons. The van der Waals surface area contributed by atoms with Gasteiger partial charge in [-0.15, -0.1) is 0 Å². The number of oxime groups is 1. The van der Waals surface area contributed by atoms with Gasteiger partial charge >= 0.3 is 0 Å². The summed E-state index contributed by atoms with van der Waals surface area (Å²) in [6.45, 7) is 0.223. The molecule has 6 heteroatoms. The number of aliphatic hydroxyl groups is 1. The van der Waals surface area contributed by atoms with Crippen LogP contribution in [-0.4, -0.2) is 34.6 Å². The molecule has 0 aromatic heterocycles. The average molecular weight is 325 g/mol. The van der Waals surface area contributed by atoms with Crippen LogP contribution in [0.2, 0.25) is 5.02 Å². The topological polar surface area (TPSA) is 81.9 Å². The Labute approximate surface area is 135 Å². The summed E-state index contributed by atoms with van der Waals surface area (Å²) in [4.78, 5) is 12.3. The minimum atomic E-state index is -0.831. The monoisotopic (exact) mass is 324 g/mol. The molecule has 0 bridgehead atoms. The summed E-state index contributed by atoms with van der Waals surface area (Å²) >= 11 is 6.04. The molecule has 1 aliphatic carbocycles. The van der Waals surface area contributed by atoms with Crippen LogP contribution in [0, 0.1) is 0 Å². The van der Waals surface area contributed by atoms with Gasteiger partial charge in [-0.2, -0.15) is 0 Å². The van der Waals surface area contributed by atoms with E-state index in [2.05, 4.69) is 10.5 Å². The van der Waals surface area contributed by atoms with Gasteiger partial charge in [-0.3, -0.25) is 4.79 Å². The van der Waals surface area contributed by atoms with E-state index in [9.17, 15) is 9.90 Å². The van der Waals surface area contributed by atoms with Crippen molar-refractivity contribution in [3.63, 3.8) is 0 Å². The highest BCUT2D eigenvalue weighted by Gasteiger charge is 2.28. The highest BCUT2D eigenvalue weighted by atomic mass is 35.5. The van der Waals surface area contributed by atoms with Crippen LogP contribution in [0.1, 0.15) is 54.4 Å². The molecule has 0 spiro atoms. The lowest BCUT2D eigenvalue weighted by Gasteiger charge is -2.26. The Kier molecular flexibility index (Phi) is 5.80. The lowest BCUT2D eigenvalue weighted by Crippen LogP contribution is -2.42. The molecule has 1 aromatic rings. The molecule has 1 fully saturated rings. The third kappa shape index (κ3) is 4.45. The molecule has 0 aliphatic heterocycles. The molecule has 1 amide bonds. The number of nitrogens with zero attached hydrogens (tertiary/aromatic N) is 1. The molecule has 2 rings (SSSR count). The summed E-state index contributed by atoms with van der Waals surface area (Å²) in [7, 11) is 0. The number of carbonyl (C=O) groups excluding carboxylic acids is 1. The van der Waals surface area contributed by atoms with Gasteiger partial charge in [0.25, 0.3) is 5.91 Å². The number of rotatable bonds is 4. The van der Waals surface area contributed by atoms with E-state index < -0.39 is 5.60 Å². The quantitative estimate of drug-likeness (QED) is 0.345. The zero-order valence-electron chi connectivity index (χ0n) is 12.4. The predicted octanol–water partition coefficient (Wildman–Crippen LogP) is 2.96. The standard InChI is InChI=1S/C16H21ClN2O3/c17-14-6-5-12(10-19-22)9-13(14)15(20)18-11-16(21)7-3-1-2-4-8-16/h5-6,9-10,21-22H,1-4,7-8,11H2,(H,18,20). The third-order valence-electron chi connectivity index (χ3n) is 4.05. The maximum atomic E-state index is 12.3. The summed E-state index contributed by atoms with van der Waals surface area (Å²) in [5, 5.41) is 25.1. The summed E-state index contributed by atoms with van der Waals surface area (Å²) in [5.41, 5.74) is 0.0459. The van der Waals surface area contributed by atoms with Crippen molar-refractivity contribution in [3.05, 3.63) is 34.3 Å². The van der Waals surface area contributed by atoms with Gasteiger partial charge in [-0.25, -0.2) is 0 Å².